The summed E-state index contributed by atoms with van der Waals surface area (Å²) in [7, 11) is 0. The molecule has 0 aromatic heterocycles. The number of carbonyl (C=O) groups excluding carboxylic acids is 1. The summed E-state index contributed by atoms with van der Waals surface area (Å²) in [4.78, 5) is 34.4. The minimum Gasteiger partial charge on any atom is -0.481 e. The molecule has 0 rings (SSSR count). The van der Waals surface area contributed by atoms with Gasteiger partial charge in [-0.1, -0.05) is 58.3 Å². The van der Waals surface area contributed by atoms with E-state index in [0.29, 0.717) is 6.42 Å². The fourth-order valence-corrected chi connectivity index (χ4v) is 2.43. The molecule has 0 aromatic rings. The Balaban J connectivity index is 0. The van der Waals surface area contributed by atoms with Crippen molar-refractivity contribution in [1.29, 1.82) is 0 Å². The molecule has 0 radical (unpaired) electrons. The maximum atomic E-state index is 12.0. The highest BCUT2D eigenvalue weighted by molar-refractivity contribution is 5.81. The number of carboxylic acid groups (broad SMARTS) is 2. The highest BCUT2D eigenvalue weighted by Crippen LogP contribution is 2.11. The quantitative estimate of drug-likeness (QED) is 0.389. The van der Waals surface area contributed by atoms with Crippen LogP contribution in [0.3, 0.4) is 0 Å². The molecule has 0 heterocycles. The van der Waals surface area contributed by atoms with E-state index in [1.54, 1.807) is 0 Å². The monoisotopic (exact) mass is 346 g/mol. The third kappa shape index (κ3) is 15.3. The molecule has 5 N–H and O–H groups in total. The molecule has 0 fully saturated rings. The number of carboxylic acids is 2. The molecule has 0 bridgehead atoms. The van der Waals surface area contributed by atoms with Gasteiger partial charge < -0.3 is 21.3 Å². The van der Waals surface area contributed by atoms with E-state index in [-0.39, 0.29) is 25.0 Å². The summed E-state index contributed by atoms with van der Waals surface area (Å²) in [6.07, 6.45) is 10.4. The molecule has 7 nitrogen and oxygen atoms in total. The van der Waals surface area contributed by atoms with Crippen LogP contribution in [-0.2, 0) is 14.4 Å². The lowest BCUT2D eigenvalue weighted by Gasteiger charge is -2.19. The van der Waals surface area contributed by atoms with E-state index in [2.05, 4.69) is 6.92 Å². The van der Waals surface area contributed by atoms with Gasteiger partial charge in [0.1, 0.15) is 6.54 Å². The van der Waals surface area contributed by atoms with Crippen molar-refractivity contribution in [3.63, 3.8) is 0 Å². The van der Waals surface area contributed by atoms with Gasteiger partial charge in [0.15, 0.2) is 0 Å². The lowest BCUT2D eigenvalue weighted by atomic mass is 10.1. The van der Waals surface area contributed by atoms with Gasteiger partial charge in [0.05, 0.1) is 6.42 Å². The lowest BCUT2D eigenvalue weighted by Crippen LogP contribution is -2.37. The van der Waals surface area contributed by atoms with Crippen LogP contribution in [0.2, 0.25) is 0 Å². The van der Waals surface area contributed by atoms with E-state index in [1.807, 2.05) is 0 Å². The fourth-order valence-electron chi connectivity index (χ4n) is 2.43. The number of aliphatic carboxylic acids is 2. The molecule has 0 saturated heterocycles. The van der Waals surface area contributed by atoms with E-state index < -0.39 is 18.5 Å². The van der Waals surface area contributed by atoms with Crippen molar-refractivity contribution in [3.05, 3.63) is 0 Å². The van der Waals surface area contributed by atoms with Crippen LogP contribution in [0.1, 0.15) is 77.6 Å². The van der Waals surface area contributed by atoms with E-state index in [4.69, 9.17) is 10.2 Å². The average molecular weight is 346 g/mol. The Hall–Kier alpha value is -1.63. The normalized spacial score (nSPS) is 10.0. The molecule has 0 spiro atoms. The summed E-state index contributed by atoms with van der Waals surface area (Å²) in [6, 6.07) is 0. The molecule has 0 aliphatic carbocycles. The Kier molecular flexibility index (Phi) is 16.7. The SMILES string of the molecule is CCCCCCCCCCCC(=O)N(CCC(=O)O)CC(=O)O.N. The van der Waals surface area contributed by atoms with Gasteiger partial charge in [-0.25, -0.2) is 0 Å². The van der Waals surface area contributed by atoms with E-state index in [0.717, 1.165) is 24.2 Å². The number of carbonyl (C=O) groups is 3. The zero-order valence-corrected chi connectivity index (χ0v) is 15.0. The molecular formula is C17H34N2O5. The zero-order valence-electron chi connectivity index (χ0n) is 15.0. The molecule has 0 aliphatic rings. The number of nitrogens with zero attached hydrogens (tertiary/aromatic N) is 1. The predicted molar refractivity (Wildman–Crippen MR) is 93.3 cm³/mol. The molecular weight excluding hydrogens is 312 g/mol. The number of rotatable bonds is 15. The Labute approximate surface area is 145 Å². The van der Waals surface area contributed by atoms with Crippen LogP contribution >= 0.6 is 0 Å². The highest BCUT2D eigenvalue weighted by atomic mass is 16.4. The molecule has 142 valence electrons. The van der Waals surface area contributed by atoms with Crippen LogP contribution in [0.5, 0.6) is 0 Å². The van der Waals surface area contributed by atoms with Crippen molar-refractivity contribution in [1.82, 2.24) is 11.1 Å². The van der Waals surface area contributed by atoms with Gasteiger partial charge in [0.2, 0.25) is 5.91 Å². The van der Waals surface area contributed by atoms with Crippen molar-refractivity contribution in [2.45, 2.75) is 77.6 Å². The fraction of sp³-hybridized carbons (Fsp3) is 0.824. The Morgan fingerprint density at radius 2 is 1.25 bits per heavy atom. The summed E-state index contributed by atoms with van der Waals surface area (Å²) in [6.45, 7) is 1.72. The third-order valence-corrected chi connectivity index (χ3v) is 3.77. The lowest BCUT2D eigenvalue weighted by molar-refractivity contribution is -0.146. The Morgan fingerprint density at radius 3 is 1.71 bits per heavy atom. The van der Waals surface area contributed by atoms with E-state index >= 15 is 0 Å². The number of amides is 1. The topological polar surface area (TPSA) is 130 Å². The van der Waals surface area contributed by atoms with Gasteiger partial charge in [0.25, 0.3) is 0 Å². The third-order valence-electron chi connectivity index (χ3n) is 3.77. The first-order chi connectivity index (χ1) is 11.0. The zero-order chi connectivity index (χ0) is 17.5. The van der Waals surface area contributed by atoms with Crippen LogP contribution in [-0.4, -0.2) is 46.0 Å². The van der Waals surface area contributed by atoms with Gasteiger partial charge in [-0.15, -0.1) is 0 Å². The number of hydrogen-bond acceptors (Lipinski definition) is 4. The van der Waals surface area contributed by atoms with Crippen molar-refractivity contribution in [3.8, 4) is 0 Å². The molecule has 0 saturated carbocycles. The number of hydrogen-bond donors (Lipinski definition) is 3. The van der Waals surface area contributed by atoms with Gasteiger partial charge in [-0.3, -0.25) is 14.4 Å². The first-order valence-electron chi connectivity index (χ1n) is 8.68. The predicted octanol–water partition coefficient (Wildman–Crippen LogP) is 3.46. The summed E-state index contributed by atoms with van der Waals surface area (Å²) in [5, 5.41) is 17.4. The number of unbranched alkanes of at least 4 members (excludes halogenated alkanes) is 8. The Bertz CT molecular complexity index is 361. The van der Waals surface area contributed by atoms with Crippen LogP contribution < -0.4 is 6.15 Å². The molecule has 0 aliphatic heterocycles. The van der Waals surface area contributed by atoms with Gasteiger partial charge in [0, 0.05) is 13.0 Å². The first kappa shape index (κ1) is 24.6. The van der Waals surface area contributed by atoms with Crippen LogP contribution in [0, 0.1) is 0 Å². The largest absolute Gasteiger partial charge is 0.481 e. The summed E-state index contributed by atoms with van der Waals surface area (Å²) in [5.41, 5.74) is 0. The average Bonchev–Trinajstić information content (AvgIpc) is 2.49. The second-order valence-corrected chi connectivity index (χ2v) is 5.93. The molecule has 0 aromatic carbocycles. The summed E-state index contributed by atoms with van der Waals surface area (Å²) in [5.74, 6) is -2.41. The minimum absolute atomic E-state index is 0. The molecule has 24 heavy (non-hydrogen) atoms. The first-order valence-corrected chi connectivity index (χ1v) is 8.68. The van der Waals surface area contributed by atoms with Crippen LogP contribution in [0.25, 0.3) is 0 Å². The minimum atomic E-state index is -1.11. The second-order valence-electron chi connectivity index (χ2n) is 5.93. The van der Waals surface area contributed by atoms with Gasteiger partial charge in [-0.2, -0.15) is 0 Å². The van der Waals surface area contributed by atoms with Crippen molar-refractivity contribution in [2.24, 2.45) is 0 Å². The molecule has 0 unspecified atom stereocenters. The van der Waals surface area contributed by atoms with Crippen molar-refractivity contribution in [2.75, 3.05) is 13.1 Å². The smallest absolute Gasteiger partial charge is 0.323 e. The maximum absolute atomic E-state index is 12.0. The molecule has 7 heteroatoms. The van der Waals surface area contributed by atoms with Crippen molar-refractivity contribution >= 4 is 17.8 Å². The Morgan fingerprint density at radius 1 is 0.750 bits per heavy atom. The molecule has 1 amide bonds. The van der Waals surface area contributed by atoms with E-state index in [1.165, 1.54) is 38.5 Å². The van der Waals surface area contributed by atoms with Crippen LogP contribution in [0.15, 0.2) is 0 Å². The van der Waals surface area contributed by atoms with E-state index in [9.17, 15) is 14.4 Å². The summed E-state index contributed by atoms with van der Waals surface area (Å²) < 4.78 is 0. The summed E-state index contributed by atoms with van der Waals surface area (Å²) >= 11 is 0. The van der Waals surface area contributed by atoms with Gasteiger partial charge >= 0.3 is 11.9 Å². The highest BCUT2D eigenvalue weighted by Gasteiger charge is 2.17. The van der Waals surface area contributed by atoms with Crippen molar-refractivity contribution < 1.29 is 24.6 Å². The maximum Gasteiger partial charge on any atom is 0.323 e. The second kappa shape index (κ2) is 16.2. The standard InChI is InChI=1S/C17H31NO5.H3N/c1-2-3-4-5-6-7-8-9-10-11-15(19)18(14-17(22)23)13-12-16(20)21;/h2-14H2,1H3,(H,20,21)(H,22,23);1H3. The van der Waals surface area contributed by atoms with Crippen LogP contribution in [0.4, 0.5) is 0 Å². The molecule has 0 atom stereocenters. The van der Waals surface area contributed by atoms with Gasteiger partial charge in [-0.05, 0) is 6.42 Å².